The molecule has 0 fully saturated rings. The second-order valence-corrected chi connectivity index (χ2v) is 5.07. The van der Waals surface area contributed by atoms with E-state index in [1.165, 1.54) is 0 Å². The Kier molecular flexibility index (Phi) is 3.08. The van der Waals surface area contributed by atoms with E-state index in [0.29, 0.717) is 16.9 Å². The molecule has 0 saturated carbocycles. The SMILES string of the molecule is Cc1ccc2oc(C(=O)c3ccc(C#N)cc3)c(C)c2c1. The van der Waals surface area contributed by atoms with Crippen molar-refractivity contribution in [2.24, 2.45) is 0 Å². The van der Waals surface area contributed by atoms with Gasteiger partial charge in [-0.25, -0.2) is 0 Å². The number of nitriles is 1. The lowest BCUT2D eigenvalue weighted by atomic mass is 10.0. The summed E-state index contributed by atoms with van der Waals surface area (Å²) >= 11 is 0. The summed E-state index contributed by atoms with van der Waals surface area (Å²) in [5.74, 6) is 0.200. The first kappa shape index (κ1) is 13.1. The maximum absolute atomic E-state index is 12.5. The first-order valence-corrected chi connectivity index (χ1v) is 6.65. The molecule has 0 aliphatic carbocycles. The van der Waals surface area contributed by atoms with Crippen LogP contribution in [0.5, 0.6) is 0 Å². The van der Waals surface area contributed by atoms with Gasteiger partial charge in [-0.1, -0.05) is 11.6 Å². The molecule has 0 N–H and O–H groups in total. The molecule has 21 heavy (non-hydrogen) atoms. The molecule has 3 heteroatoms. The molecule has 0 unspecified atom stereocenters. The van der Waals surface area contributed by atoms with Crippen LogP contribution in [0.2, 0.25) is 0 Å². The number of ketones is 1. The third-order valence-electron chi connectivity index (χ3n) is 3.57. The van der Waals surface area contributed by atoms with Gasteiger partial charge in [0.1, 0.15) is 5.58 Å². The molecule has 3 rings (SSSR count). The largest absolute Gasteiger partial charge is 0.452 e. The van der Waals surface area contributed by atoms with Crippen LogP contribution in [0.3, 0.4) is 0 Å². The molecule has 3 aromatic rings. The Morgan fingerprint density at radius 3 is 2.48 bits per heavy atom. The highest BCUT2D eigenvalue weighted by molar-refractivity contribution is 6.10. The van der Waals surface area contributed by atoms with Gasteiger partial charge in [0, 0.05) is 16.5 Å². The topological polar surface area (TPSA) is 54.0 Å². The van der Waals surface area contributed by atoms with E-state index in [-0.39, 0.29) is 5.78 Å². The van der Waals surface area contributed by atoms with Crippen molar-refractivity contribution in [1.29, 1.82) is 5.26 Å². The summed E-state index contributed by atoms with van der Waals surface area (Å²) in [5.41, 5.74) is 3.75. The molecule has 0 saturated heterocycles. The molecule has 0 radical (unpaired) electrons. The standard InChI is InChI=1S/C18H13NO2/c1-11-3-8-16-15(9-11)12(2)18(21-16)17(20)14-6-4-13(10-19)5-7-14/h3-9H,1-2H3. The third kappa shape index (κ3) is 2.21. The first-order chi connectivity index (χ1) is 10.1. The van der Waals surface area contributed by atoms with Crippen molar-refractivity contribution in [2.45, 2.75) is 13.8 Å². The fourth-order valence-electron chi connectivity index (χ4n) is 2.38. The van der Waals surface area contributed by atoms with Crippen molar-refractivity contribution < 1.29 is 9.21 Å². The predicted molar refractivity (Wildman–Crippen MR) is 80.3 cm³/mol. The molecule has 0 amide bonds. The normalized spacial score (nSPS) is 10.5. The van der Waals surface area contributed by atoms with Crippen molar-refractivity contribution >= 4 is 16.8 Å². The van der Waals surface area contributed by atoms with Gasteiger partial charge in [-0.05, 0) is 50.2 Å². The Morgan fingerprint density at radius 2 is 1.81 bits per heavy atom. The van der Waals surface area contributed by atoms with Crippen molar-refractivity contribution in [3.8, 4) is 6.07 Å². The molecule has 0 aliphatic heterocycles. The predicted octanol–water partition coefficient (Wildman–Crippen LogP) is 4.15. The molecule has 0 bridgehead atoms. The average Bonchev–Trinajstić information content (AvgIpc) is 2.83. The molecule has 0 aliphatic rings. The molecule has 102 valence electrons. The van der Waals surface area contributed by atoms with Crippen LogP contribution >= 0.6 is 0 Å². The molecule has 3 nitrogen and oxygen atoms in total. The van der Waals surface area contributed by atoms with Crippen molar-refractivity contribution in [3.05, 3.63) is 70.5 Å². The van der Waals surface area contributed by atoms with Crippen LogP contribution in [-0.4, -0.2) is 5.78 Å². The van der Waals surface area contributed by atoms with Gasteiger partial charge in [-0.2, -0.15) is 5.26 Å². The molecule has 1 heterocycles. The van der Waals surface area contributed by atoms with E-state index in [4.69, 9.17) is 9.68 Å². The van der Waals surface area contributed by atoms with Gasteiger partial charge in [-0.15, -0.1) is 0 Å². The van der Waals surface area contributed by atoms with Crippen LogP contribution in [0.25, 0.3) is 11.0 Å². The molecule has 0 spiro atoms. The molecule has 2 aromatic carbocycles. The lowest BCUT2D eigenvalue weighted by molar-refractivity contribution is 0.101. The highest BCUT2D eigenvalue weighted by Gasteiger charge is 2.19. The highest BCUT2D eigenvalue weighted by Crippen LogP contribution is 2.27. The first-order valence-electron chi connectivity index (χ1n) is 6.65. The molecular formula is C18H13NO2. The summed E-state index contributed by atoms with van der Waals surface area (Å²) in [6, 6.07) is 14.5. The zero-order chi connectivity index (χ0) is 15.0. The van der Waals surface area contributed by atoms with Gasteiger partial charge in [0.25, 0.3) is 0 Å². The molecular weight excluding hydrogens is 262 g/mol. The lowest BCUT2D eigenvalue weighted by Crippen LogP contribution is -2.01. The monoisotopic (exact) mass is 275 g/mol. The second kappa shape index (κ2) is 4.92. The Hall–Kier alpha value is -2.86. The molecule has 0 atom stereocenters. The fraction of sp³-hybridized carbons (Fsp3) is 0.111. The van der Waals surface area contributed by atoms with Gasteiger partial charge < -0.3 is 4.42 Å². The number of hydrogen-bond donors (Lipinski definition) is 0. The van der Waals surface area contributed by atoms with Gasteiger partial charge in [0.2, 0.25) is 5.78 Å². The summed E-state index contributed by atoms with van der Waals surface area (Å²) in [4.78, 5) is 12.5. The van der Waals surface area contributed by atoms with Gasteiger partial charge in [0.05, 0.1) is 11.6 Å². The quantitative estimate of drug-likeness (QED) is 0.660. The van der Waals surface area contributed by atoms with E-state index in [0.717, 1.165) is 22.1 Å². The van der Waals surface area contributed by atoms with Crippen LogP contribution in [0.15, 0.2) is 46.9 Å². The summed E-state index contributed by atoms with van der Waals surface area (Å²) in [5, 5.41) is 9.76. The molecule has 1 aromatic heterocycles. The Balaban J connectivity index is 2.09. The maximum atomic E-state index is 12.5. The minimum absolute atomic E-state index is 0.161. The van der Waals surface area contributed by atoms with Crippen LogP contribution < -0.4 is 0 Å². The summed E-state index contributed by atoms with van der Waals surface area (Å²) < 4.78 is 5.71. The zero-order valence-electron chi connectivity index (χ0n) is 11.8. The highest BCUT2D eigenvalue weighted by atomic mass is 16.3. The smallest absolute Gasteiger partial charge is 0.228 e. The average molecular weight is 275 g/mol. The second-order valence-electron chi connectivity index (χ2n) is 5.07. The summed E-state index contributed by atoms with van der Waals surface area (Å²) in [6.07, 6.45) is 0. The number of aryl methyl sites for hydroxylation is 2. The number of nitrogens with zero attached hydrogens (tertiary/aromatic N) is 1. The number of furan rings is 1. The van der Waals surface area contributed by atoms with Crippen LogP contribution in [0.4, 0.5) is 0 Å². The zero-order valence-corrected chi connectivity index (χ0v) is 11.8. The maximum Gasteiger partial charge on any atom is 0.228 e. The lowest BCUT2D eigenvalue weighted by Gasteiger charge is -1.99. The minimum Gasteiger partial charge on any atom is -0.452 e. The van der Waals surface area contributed by atoms with Crippen molar-refractivity contribution in [2.75, 3.05) is 0 Å². The van der Waals surface area contributed by atoms with Crippen molar-refractivity contribution in [1.82, 2.24) is 0 Å². The number of carbonyl (C=O) groups is 1. The number of fused-ring (bicyclic) bond motifs is 1. The number of hydrogen-bond acceptors (Lipinski definition) is 3. The third-order valence-corrected chi connectivity index (χ3v) is 3.57. The van der Waals surface area contributed by atoms with E-state index in [1.54, 1.807) is 24.3 Å². The van der Waals surface area contributed by atoms with Gasteiger partial charge in [0.15, 0.2) is 5.76 Å². The van der Waals surface area contributed by atoms with E-state index in [9.17, 15) is 4.79 Å². The van der Waals surface area contributed by atoms with Crippen LogP contribution in [-0.2, 0) is 0 Å². The minimum atomic E-state index is -0.161. The van der Waals surface area contributed by atoms with Crippen molar-refractivity contribution in [3.63, 3.8) is 0 Å². The van der Waals surface area contributed by atoms with E-state index < -0.39 is 0 Å². The summed E-state index contributed by atoms with van der Waals surface area (Å²) in [6.45, 7) is 3.90. The Labute approximate surface area is 122 Å². The Bertz CT molecular complexity index is 880. The Morgan fingerprint density at radius 1 is 1.10 bits per heavy atom. The van der Waals surface area contributed by atoms with Crippen LogP contribution in [0, 0.1) is 25.2 Å². The number of rotatable bonds is 2. The number of carbonyl (C=O) groups excluding carboxylic acids is 1. The van der Waals surface area contributed by atoms with Crippen LogP contribution in [0.1, 0.15) is 32.8 Å². The van der Waals surface area contributed by atoms with E-state index >= 15 is 0 Å². The van der Waals surface area contributed by atoms with E-state index in [1.807, 2.05) is 38.1 Å². The number of benzene rings is 2. The van der Waals surface area contributed by atoms with Gasteiger partial charge >= 0.3 is 0 Å². The van der Waals surface area contributed by atoms with Gasteiger partial charge in [-0.3, -0.25) is 4.79 Å². The summed E-state index contributed by atoms with van der Waals surface area (Å²) in [7, 11) is 0. The fourth-order valence-corrected chi connectivity index (χ4v) is 2.38. The van der Waals surface area contributed by atoms with E-state index in [2.05, 4.69) is 0 Å².